The van der Waals surface area contributed by atoms with Crippen LogP contribution in [0.2, 0.25) is 0 Å². The van der Waals surface area contributed by atoms with Gasteiger partial charge in [-0.25, -0.2) is 9.82 Å². The van der Waals surface area contributed by atoms with Gasteiger partial charge in [0.2, 0.25) is 5.91 Å². The Bertz CT molecular complexity index is 899. The zero-order chi connectivity index (χ0) is 20.4. The number of halogens is 1. The number of carbonyl (C=O) groups excluding carboxylic acids is 1. The smallest absolute Gasteiger partial charge is 0.269 e. The first-order valence-electron chi connectivity index (χ1n) is 9.55. The molecule has 2 aromatic carbocycles. The minimum absolute atomic E-state index is 0.0202. The summed E-state index contributed by atoms with van der Waals surface area (Å²) in [7, 11) is 0. The Labute approximate surface area is 167 Å². The molecule has 29 heavy (non-hydrogen) atoms. The van der Waals surface area contributed by atoms with Crippen LogP contribution in [0.5, 0.6) is 0 Å². The van der Waals surface area contributed by atoms with Gasteiger partial charge in [0.25, 0.3) is 5.69 Å². The summed E-state index contributed by atoms with van der Waals surface area (Å²) in [6.07, 6.45) is 0. The van der Waals surface area contributed by atoms with Crippen LogP contribution >= 0.6 is 0 Å². The Balaban J connectivity index is 1.41. The predicted molar refractivity (Wildman–Crippen MR) is 106 cm³/mol. The molecule has 4 rings (SSSR count). The second-order valence-corrected chi connectivity index (χ2v) is 7.22. The molecule has 2 aliphatic rings. The van der Waals surface area contributed by atoms with Gasteiger partial charge in [-0.15, -0.1) is 0 Å². The van der Waals surface area contributed by atoms with Crippen LogP contribution < -0.4 is 15.8 Å². The normalized spacial score (nSPS) is 22.0. The lowest BCUT2D eigenvalue weighted by Gasteiger charge is -2.37. The van der Waals surface area contributed by atoms with Gasteiger partial charge in [-0.2, -0.15) is 0 Å². The van der Waals surface area contributed by atoms with E-state index in [1.165, 1.54) is 18.2 Å². The number of hydrazine groups is 1. The third-order valence-electron chi connectivity index (χ3n) is 5.55. The second-order valence-electron chi connectivity index (χ2n) is 7.22. The van der Waals surface area contributed by atoms with Gasteiger partial charge in [-0.3, -0.25) is 20.3 Å². The van der Waals surface area contributed by atoms with E-state index in [1.54, 1.807) is 30.3 Å². The maximum atomic E-state index is 14.0. The summed E-state index contributed by atoms with van der Waals surface area (Å²) in [4.78, 5) is 27.3. The molecular formula is C20H22FN5O3. The summed E-state index contributed by atoms with van der Waals surface area (Å²) >= 11 is 0. The van der Waals surface area contributed by atoms with Crippen LogP contribution in [-0.4, -0.2) is 48.5 Å². The highest BCUT2D eigenvalue weighted by Crippen LogP contribution is 2.29. The Morgan fingerprint density at radius 2 is 1.76 bits per heavy atom. The SMILES string of the molecule is O=C(C1CNNC1c1ccc([N+](=O)[O-])cc1)N1CCN(c2ccccc2F)CC1. The Morgan fingerprint density at radius 3 is 2.41 bits per heavy atom. The molecule has 8 nitrogen and oxygen atoms in total. The van der Waals surface area contributed by atoms with Crippen molar-refractivity contribution in [3.8, 4) is 0 Å². The van der Waals surface area contributed by atoms with Crippen molar-refractivity contribution in [2.24, 2.45) is 5.92 Å². The molecule has 9 heteroatoms. The molecule has 2 aliphatic heterocycles. The summed E-state index contributed by atoms with van der Waals surface area (Å²) in [5.41, 5.74) is 7.54. The van der Waals surface area contributed by atoms with Crippen molar-refractivity contribution in [3.63, 3.8) is 0 Å². The van der Waals surface area contributed by atoms with Gasteiger partial charge in [-0.1, -0.05) is 24.3 Å². The van der Waals surface area contributed by atoms with E-state index in [2.05, 4.69) is 10.9 Å². The number of anilines is 1. The van der Waals surface area contributed by atoms with Gasteiger partial charge in [0.1, 0.15) is 5.82 Å². The molecule has 2 fully saturated rings. The number of piperazine rings is 1. The highest BCUT2D eigenvalue weighted by atomic mass is 19.1. The number of nitro groups is 1. The van der Waals surface area contributed by atoms with E-state index < -0.39 is 4.92 Å². The molecule has 2 atom stereocenters. The van der Waals surface area contributed by atoms with Crippen molar-refractivity contribution < 1.29 is 14.1 Å². The molecule has 2 aromatic rings. The van der Waals surface area contributed by atoms with Crippen LogP contribution in [-0.2, 0) is 4.79 Å². The monoisotopic (exact) mass is 399 g/mol. The van der Waals surface area contributed by atoms with Gasteiger partial charge in [0.15, 0.2) is 0 Å². The number of benzene rings is 2. The van der Waals surface area contributed by atoms with Gasteiger partial charge in [0, 0.05) is 44.9 Å². The number of hydrogen-bond donors (Lipinski definition) is 2. The molecule has 0 spiro atoms. The third kappa shape index (κ3) is 3.92. The Kier molecular flexibility index (Phi) is 5.41. The fraction of sp³-hybridized carbons (Fsp3) is 0.350. The van der Waals surface area contributed by atoms with Crippen molar-refractivity contribution in [2.75, 3.05) is 37.6 Å². The van der Waals surface area contributed by atoms with E-state index >= 15 is 0 Å². The Morgan fingerprint density at radius 1 is 1.07 bits per heavy atom. The van der Waals surface area contributed by atoms with Crippen LogP contribution in [0.15, 0.2) is 48.5 Å². The van der Waals surface area contributed by atoms with Crippen molar-refractivity contribution in [1.82, 2.24) is 15.8 Å². The third-order valence-corrected chi connectivity index (χ3v) is 5.55. The van der Waals surface area contributed by atoms with Crippen LogP contribution in [0.4, 0.5) is 15.8 Å². The molecule has 2 saturated heterocycles. The molecular weight excluding hydrogens is 377 g/mol. The number of nitrogens with zero attached hydrogens (tertiary/aromatic N) is 3. The van der Waals surface area contributed by atoms with E-state index in [-0.39, 0.29) is 29.4 Å². The van der Waals surface area contributed by atoms with Crippen LogP contribution in [0.3, 0.4) is 0 Å². The van der Waals surface area contributed by atoms with Crippen molar-refractivity contribution in [2.45, 2.75) is 6.04 Å². The summed E-state index contributed by atoms with van der Waals surface area (Å²) in [6.45, 7) is 2.67. The van der Waals surface area contributed by atoms with E-state index in [9.17, 15) is 19.3 Å². The highest BCUT2D eigenvalue weighted by molar-refractivity contribution is 5.81. The molecule has 2 N–H and O–H groups in total. The molecule has 0 bridgehead atoms. The molecule has 0 saturated carbocycles. The second kappa shape index (κ2) is 8.14. The minimum Gasteiger partial charge on any atom is -0.366 e. The fourth-order valence-electron chi connectivity index (χ4n) is 3.96. The zero-order valence-corrected chi connectivity index (χ0v) is 15.8. The van der Waals surface area contributed by atoms with E-state index in [4.69, 9.17) is 0 Å². The number of para-hydroxylation sites is 1. The molecule has 152 valence electrons. The van der Waals surface area contributed by atoms with Gasteiger partial charge >= 0.3 is 0 Å². The van der Waals surface area contributed by atoms with Crippen molar-refractivity contribution >= 4 is 17.3 Å². The number of nitrogens with one attached hydrogen (secondary N) is 2. The zero-order valence-electron chi connectivity index (χ0n) is 15.8. The van der Waals surface area contributed by atoms with E-state index in [0.29, 0.717) is 38.4 Å². The number of non-ortho nitro benzene ring substituents is 1. The number of rotatable bonds is 4. The van der Waals surface area contributed by atoms with Crippen LogP contribution in [0, 0.1) is 21.8 Å². The largest absolute Gasteiger partial charge is 0.366 e. The number of hydrogen-bond acceptors (Lipinski definition) is 6. The maximum Gasteiger partial charge on any atom is 0.269 e. The van der Waals surface area contributed by atoms with Crippen LogP contribution in [0.25, 0.3) is 0 Å². The first-order chi connectivity index (χ1) is 14.0. The standard InChI is InChI=1S/C20H22FN5O3/c21-17-3-1-2-4-18(17)24-9-11-25(12-10-24)20(27)16-13-22-23-19(16)14-5-7-15(8-6-14)26(28)29/h1-8,16,19,22-23H,9-13H2. The topological polar surface area (TPSA) is 90.7 Å². The Hall–Kier alpha value is -3.04. The average Bonchev–Trinajstić information content (AvgIpc) is 3.24. The molecule has 0 aromatic heterocycles. The molecule has 1 amide bonds. The summed E-state index contributed by atoms with van der Waals surface area (Å²) in [5.74, 6) is -0.537. The highest BCUT2D eigenvalue weighted by Gasteiger charge is 2.37. The summed E-state index contributed by atoms with van der Waals surface area (Å²) in [5, 5.41) is 10.9. The number of carbonyl (C=O) groups is 1. The van der Waals surface area contributed by atoms with E-state index in [1.807, 2.05) is 9.80 Å². The van der Waals surface area contributed by atoms with Gasteiger partial charge in [0.05, 0.1) is 22.6 Å². The molecule has 0 radical (unpaired) electrons. The maximum absolute atomic E-state index is 14.0. The molecule has 2 unspecified atom stereocenters. The molecule has 0 aliphatic carbocycles. The summed E-state index contributed by atoms with van der Waals surface area (Å²) in [6, 6.07) is 12.7. The summed E-state index contributed by atoms with van der Waals surface area (Å²) < 4.78 is 14.0. The number of nitro benzene ring substituents is 1. The van der Waals surface area contributed by atoms with E-state index in [0.717, 1.165) is 5.56 Å². The fourth-order valence-corrected chi connectivity index (χ4v) is 3.96. The molecule has 2 heterocycles. The average molecular weight is 399 g/mol. The lowest BCUT2D eigenvalue weighted by molar-refractivity contribution is -0.384. The lowest BCUT2D eigenvalue weighted by atomic mass is 9.93. The number of amides is 1. The van der Waals surface area contributed by atoms with Gasteiger partial charge < -0.3 is 9.80 Å². The lowest BCUT2D eigenvalue weighted by Crippen LogP contribution is -2.51. The minimum atomic E-state index is -0.443. The predicted octanol–water partition coefficient (Wildman–Crippen LogP) is 1.85. The first kappa shape index (κ1) is 19.3. The first-order valence-corrected chi connectivity index (χ1v) is 9.55. The quantitative estimate of drug-likeness (QED) is 0.602. The van der Waals surface area contributed by atoms with Gasteiger partial charge in [-0.05, 0) is 17.7 Å². The van der Waals surface area contributed by atoms with Crippen molar-refractivity contribution in [3.05, 3.63) is 70.0 Å². The van der Waals surface area contributed by atoms with Crippen molar-refractivity contribution in [1.29, 1.82) is 0 Å². The van der Waals surface area contributed by atoms with Crippen LogP contribution in [0.1, 0.15) is 11.6 Å².